The average Bonchev–Trinajstić information content (AvgIpc) is 2.34. The maximum absolute atomic E-state index is 11.3. The second-order valence-electron chi connectivity index (χ2n) is 3.02. The van der Waals surface area contributed by atoms with E-state index < -0.39 is 6.09 Å². The predicted octanol–water partition coefficient (Wildman–Crippen LogP) is 1.82. The van der Waals surface area contributed by atoms with E-state index in [1.165, 1.54) is 7.05 Å². The van der Waals surface area contributed by atoms with E-state index in [2.05, 4.69) is 5.92 Å². The molecule has 16 heavy (non-hydrogen) atoms. The first kappa shape index (κ1) is 12.1. The molecule has 0 aliphatic heterocycles. The number of hydrogen-bond donors (Lipinski definition) is 0. The Labute approximate surface area is 94.7 Å². The first-order valence-electron chi connectivity index (χ1n) is 4.75. The van der Waals surface area contributed by atoms with E-state index in [1.807, 2.05) is 30.3 Å². The van der Waals surface area contributed by atoms with Gasteiger partial charge in [-0.05, 0) is 5.56 Å². The first-order valence-corrected chi connectivity index (χ1v) is 4.75. The van der Waals surface area contributed by atoms with E-state index in [-0.39, 0.29) is 13.2 Å². The van der Waals surface area contributed by atoms with Gasteiger partial charge in [0.1, 0.15) is 13.2 Å². The summed E-state index contributed by atoms with van der Waals surface area (Å²) in [5.41, 5.74) is 0.918. The molecule has 1 rings (SSSR count). The van der Waals surface area contributed by atoms with Crippen molar-refractivity contribution in [3.05, 3.63) is 35.9 Å². The molecule has 4 heteroatoms. The maximum Gasteiger partial charge on any atom is 0.434 e. The van der Waals surface area contributed by atoms with Gasteiger partial charge in [-0.3, -0.25) is 4.84 Å². The van der Waals surface area contributed by atoms with Crippen LogP contribution >= 0.6 is 0 Å². The molecule has 1 amide bonds. The summed E-state index contributed by atoms with van der Waals surface area (Å²) in [5, 5.41) is 0.975. The molecule has 4 nitrogen and oxygen atoms in total. The molecule has 0 atom stereocenters. The Bertz CT molecular complexity index is 370. The van der Waals surface area contributed by atoms with Crippen molar-refractivity contribution in [1.29, 1.82) is 0 Å². The Hall–Kier alpha value is -1.99. The van der Waals surface area contributed by atoms with E-state index >= 15 is 0 Å². The van der Waals surface area contributed by atoms with E-state index in [4.69, 9.17) is 16.0 Å². The number of carbonyl (C=O) groups is 1. The van der Waals surface area contributed by atoms with E-state index in [1.54, 1.807) is 0 Å². The first-order chi connectivity index (χ1) is 7.74. The second-order valence-corrected chi connectivity index (χ2v) is 3.02. The molecule has 1 aromatic rings. The lowest BCUT2D eigenvalue weighted by Crippen LogP contribution is -2.27. The van der Waals surface area contributed by atoms with Crippen molar-refractivity contribution in [2.24, 2.45) is 0 Å². The topological polar surface area (TPSA) is 38.8 Å². The molecule has 0 fully saturated rings. The minimum Gasteiger partial charge on any atom is -0.443 e. The van der Waals surface area contributed by atoms with Crippen molar-refractivity contribution in [2.45, 2.75) is 6.61 Å². The maximum atomic E-state index is 11.3. The van der Waals surface area contributed by atoms with Crippen molar-refractivity contribution in [2.75, 3.05) is 13.7 Å². The zero-order valence-corrected chi connectivity index (χ0v) is 9.05. The summed E-state index contributed by atoms with van der Waals surface area (Å²) in [7, 11) is 1.45. The van der Waals surface area contributed by atoms with Crippen molar-refractivity contribution >= 4 is 6.09 Å². The van der Waals surface area contributed by atoms with Gasteiger partial charge < -0.3 is 4.74 Å². The van der Waals surface area contributed by atoms with Gasteiger partial charge in [-0.15, -0.1) is 6.42 Å². The number of nitrogens with zero attached hydrogens (tertiary/aromatic N) is 1. The summed E-state index contributed by atoms with van der Waals surface area (Å²) in [6.45, 7) is 0.250. The van der Waals surface area contributed by atoms with Gasteiger partial charge >= 0.3 is 6.09 Å². The van der Waals surface area contributed by atoms with E-state index in [0.717, 1.165) is 10.6 Å². The molecule has 1 aromatic carbocycles. The molecule has 0 radical (unpaired) electrons. The van der Waals surface area contributed by atoms with Gasteiger partial charge in [0.15, 0.2) is 0 Å². The number of terminal acetylenes is 1. The highest BCUT2D eigenvalue weighted by atomic mass is 16.7. The smallest absolute Gasteiger partial charge is 0.434 e. The van der Waals surface area contributed by atoms with Crippen LogP contribution in [-0.2, 0) is 16.2 Å². The van der Waals surface area contributed by atoms with Gasteiger partial charge in [0, 0.05) is 7.05 Å². The standard InChI is InChI=1S/C12H13NO3/c1-3-9-16-13(2)12(14)15-10-11-7-5-4-6-8-11/h1,4-8H,9-10H2,2H3. The fourth-order valence-corrected chi connectivity index (χ4v) is 0.997. The summed E-state index contributed by atoms with van der Waals surface area (Å²) in [6.07, 6.45) is 4.42. The lowest BCUT2D eigenvalue weighted by molar-refractivity contribution is -0.107. The molecule has 0 aliphatic rings. The van der Waals surface area contributed by atoms with Crippen LogP contribution < -0.4 is 0 Å². The molecular weight excluding hydrogens is 206 g/mol. The van der Waals surface area contributed by atoms with Crippen molar-refractivity contribution in [3.8, 4) is 12.3 Å². The van der Waals surface area contributed by atoms with Gasteiger partial charge in [-0.1, -0.05) is 36.3 Å². The normalized spacial score (nSPS) is 9.25. The second kappa shape index (κ2) is 6.49. The number of rotatable bonds is 4. The fourth-order valence-electron chi connectivity index (χ4n) is 0.997. The third kappa shape index (κ3) is 4.03. The van der Waals surface area contributed by atoms with Crippen LogP contribution in [0, 0.1) is 12.3 Å². The molecule has 0 heterocycles. The SMILES string of the molecule is C#CCON(C)C(=O)OCc1ccccc1. The lowest BCUT2D eigenvalue weighted by Gasteiger charge is -2.14. The third-order valence-electron chi connectivity index (χ3n) is 1.80. The molecule has 84 valence electrons. The zero-order chi connectivity index (χ0) is 11.8. The minimum absolute atomic E-state index is 0.0386. The molecule has 0 aromatic heterocycles. The number of carbonyl (C=O) groups excluding carboxylic acids is 1. The van der Waals surface area contributed by atoms with Gasteiger partial charge in [0.2, 0.25) is 0 Å². The van der Waals surface area contributed by atoms with Crippen LogP contribution in [0.25, 0.3) is 0 Å². The number of hydroxylamine groups is 2. The summed E-state index contributed by atoms with van der Waals surface area (Å²) in [5.74, 6) is 2.26. The number of amides is 1. The Kier molecular flexibility index (Phi) is 4.90. The highest BCUT2D eigenvalue weighted by molar-refractivity contribution is 5.65. The van der Waals surface area contributed by atoms with Crippen LogP contribution in [0.15, 0.2) is 30.3 Å². The Morgan fingerprint density at radius 3 is 2.75 bits per heavy atom. The quantitative estimate of drug-likeness (QED) is 0.572. The summed E-state index contributed by atoms with van der Waals surface area (Å²) < 4.78 is 4.98. The van der Waals surface area contributed by atoms with Crippen LogP contribution in [0.2, 0.25) is 0 Å². The fraction of sp³-hybridized carbons (Fsp3) is 0.250. The number of ether oxygens (including phenoxy) is 1. The van der Waals surface area contributed by atoms with Crippen LogP contribution in [0.1, 0.15) is 5.56 Å². The van der Waals surface area contributed by atoms with Gasteiger partial charge in [-0.2, -0.15) is 5.06 Å². The van der Waals surface area contributed by atoms with E-state index in [0.29, 0.717) is 0 Å². The van der Waals surface area contributed by atoms with Gasteiger partial charge in [0.05, 0.1) is 0 Å². The number of benzene rings is 1. The monoisotopic (exact) mass is 219 g/mol. The highest BCUT2D eigenvalue weighted by Gasteiger charge is 2.09. The van der Waals surface area contributed by atoms with Crippen molar-refractivity contribution in [1.82, 2.24) is 5.06 Å². The minimum atomic E-state index is -0.570. The third-order valence-corrected chi connectivity index (χ3v) is 1.80. The predicted molar refractivity (Wildman–Crippen MR) is 59.2 cm³/mol. The summed E-state index contributed by atoms with van der Waals surface area (Å²) in [6, 6.07) is 9.39. The number of hydrogen-bond acceptors (Lipinski definition) is 3. The molecule has 0 unspecified atom stereocenters. The van der Waals surface area contributed by atoms with E-state index in [9.17, 15) is 4.79 Å². The molecule has 0 aliphatic carbocycles. The van der Waals surface area contributed by atoms with Gasteiger partial charge in [0.25, 0.3) is 0 Å². The van der Waals surface area contributed by atoms with Crippen molar-refractivity contribution < 1.29 is 14.4 Å². The highest BCUT2D eigenvalue weighted by Crippen LogP contribution is 2.02. The molecular formula is C12H13NO3. The van der Waals surface area contributed by atoms with Crippen LogP contribution in [-0.4, -0.2) is 24.8 Å². The van der Waals surface area contributed by atoms with Gasteiger partial charge in [-0.25, -0.2) is 4.79 Å². The Morgan fingerprint density at radius 1 is 1.44 bits per heavy atom. The molecule has 0 spiro atoms. The van der Waals surface area contributed by atoms with Crippen LogP contribution in [0.4, 0.5) is 4.79 Å². The lowest BCUT2D eigenvalue weighted by atomic mass is 10.2. The van der Waals surface area contributed by atoms with Crippen LogP contribution in [0.5, 0.6) is 0 Å². The Balaban J connectivity index is 2.33. The largest absolute Gasteiger partial charge is 0.443 e. The average molecular weight is 219 g/mol. The zero-order valence-electron chi connectivity index (χ0n) is 9.05. The Morgan fingerprint density at radius 2 is 2.12 bits per heavy atom. The molecule has 0 N–H and O–H groups in total. The molecule has 0 saturated carbocycles. The molecule has 0 saturated heterocycles. The molecule has 0 bridgehead atoms. The van der Waals surface area contributed by atoms with Crippen molar-refractivity contribution in [3.63, 3.8) is 0 Å². The summed E-state index contributed by atoms with van der Waals surface area (Å²) in [4.78, 5) is 16.2. The summed E-state index contributed by atoms with van der Waals surface area (Å²) >= 11 is 0. The van der Waals surface area contributed by atoms with Crippen LogP contribution in [0.3, 0.4) is 0 Å².